The molecule has 2 amide bonds. The molecule has 7 heteroatoms. The number of carbonyl (C=O) groups excluding carboxylic acids is 3. The Morgan fingerprint density at radius 3 is 2.39 bits per heavy atom. The van der Waals surface area contributed by atoms with Crippen molar-refractivity contribution in [3.8, 4) is 11.5 Å². The van der Waals surface area contributed by atoms with E-state index in [2.05, 4.69) is 10.6 Å². The van der Waals surface area contributed by atoms with Gasteiger partial charge in [-0.15, -0.1) is 0 Å². The Hall–Kier alpha value is -3.61. The lowest BCUT2D eigenvalue weighted by molar-refractivity contribution is -0.124. The van der Waals surface area contributed by atoms with Gasteiger partial charge in [-0.3, -0.25) is 14.4 Å². The zero-order valence-corrected chi connectivity index (χ0v) is 19.6. The van der Waals surface area contributed by atoms with Crippen LogP contribution in [0.3, 0.4) is 0 Å². The molecule has 0 saturated carbocycles. The maximum absolute atomic E-state index is 13.1. The molecule has 0 aliphatic rings. The van der Waals surface area contributed by atoms with Crippen LogP contribution in [-0.2, 0) is 9.59 Å². The van der Waals surface area contributed by atoms with E-state index in [1.165, 1.54) is 6.92 Å². The van der Waals surface area contributed by atoms with Gasteiger partial charge in [0.2, 0.25) is 5.91 Å². The minimum atomic E-state index is -0.660. The smallest absolute Gasteiger partial charge is 0.252 e. The van der Waals surface area contributed by atoms with E-state index < -0.39 is 6.04 Å². The molecule has 33 heavy (non-hydrogen) atoms. The molecule has 0 unspecified atom stereocenters. The van der Waals surface area contributed by atoms with Gasteiger partial charge < -0.3 is 20.1 Å². The number of ketones is 1. The van der Waals surface area contributed by atoms with Crippen molar-refractivity contribution in [1.82, 2.24) is 10.6 Å². The van der Waals surface area contributed by atoms with Crippen molar-refractivity contribution >= 4 is 29.7 Å². The topological polar surface area (TPSA) is 93.7 Å². The molecule has 176 valence electrons. The molecule has 2 rings (SSSR count). The van der Waals surface area contributed by atoms with Gasteiger partial charge in [-0.05, 0) is 35.7 Å². The molecule has 0 aliphatic carbocycles. The molecule has 0 bridgehead atoms. The highest BCUT2D eigenvalue weighted by Gasteiger charge is 2.21. The molecular formula is C26H32N2O5. The molecular weight excluding hydrogens is 420 g/mol. The number of carbonyl (C=O) groups is 3. The maximum Gasteiger partial charge on any atom is 0.252 e. The van der Waals surface area contributed by atoms with Crippen molar-refractivity contribution < 1.29 is 23.9 Å². The van der Waals surface area contributed by atoms with E-state index in [0.717, 1.165) is 18.4 Å². The molecule has 0 heterocycles. The molecule has 1 atom stereocenters. The summed E-state index contributed by atoms with van der Waals surface area (Å²) in [6.45, 7) is 3.27. The highest BCUT2D eigenvalue weighted by molar-refractivity contribution is 6.01. The first-order valence-corrected chi connectivity index (χ1v) is 11.0. The largest absolute Gasteiger partial charge is 0.493 e. The average Bonchev–Trinajstić information content (AvgIpc) is 2.83. The predicted molar refractivity (Wildman–Crippen MR) is 129 cm³/mol. The fraction of sp³-hybridized carbons (Fsp3) is 0.346. The van der Waals surface area contributed by atoms with Crippen molar-refractivity contribution in [1.29, 1.82) is 0 Å². The van der Waals surface area contributed by atoms with Crippen LogP contribution in [0.5, 0.6) is 11.5 Å². The second-order valence-electron chi connectivity index (χ2n) is 7.58. The van der Waals surface area contributed by atoms with E-state index in [9.17, 15) is 14.4 Å². The van der Waals surface area contributed by atoms with Gasteiger partial charge in [0.05, 0.1) is 26.8 Å². The molecule has 0 aliphatic heterocycles. The first kappa shape index (κ1) is 25.6. The van der Waals surface area contributed by atoms with Gasteiger partial charge in [0.15, 0.2) is 17.3 Å². The van der Waals surface area contributed by atoms with Gasteiger partial charge in [-0.25, -0.2) is 0 Å². The number of amides is 2. The Bertz CT molecular complexity index is 1000. The molecule has 7 nitrogen and oxygen atoms in total. The molecule has 2 aromatic carbocycles. The minimum Gasteiger partial charge on any atom is -0.493 e. The summed E-state index contributed by atoms with van der Waals surface area (Å²) < 4.78 is 10.6. The number of benzene rings is 2. The molecule has 0 radical (unpaired) electrons. The summed E-state index contributed by atoms with van der Waals surface area (Å²) in [7, 11) is 3.16. The lowest BCUT2D eigenvalue weighted by atomic mass is 10.0. The van der Waals surface area contributed by atoms with Crippen LogP contribution in [0.1, 0.15) is 54.6 Å². The summed E-state index contributed by atoms with van der Waals surface area (Å²) >= 11 is 0. The van der Waals surface area contributed by atoms with E-state index >= 15 is 0 Å². The van der Waals surface area contributed by atoms with Crippen molar-refractivity contribution in [3.63, 3.8) is 0 Å². The van der Waals surface area contributed by atoms with Crippen LogP contribution in [0.2, 0.25) is 0 Å². The molecule has 0 spiro atoms. The number of rotatable bonds is 12. The molecule has 2 N–H and O–H groups in total. The first-order chi connectivity index (χ1) is 15.9. The lowest BCUT2D eigenvalue weighted by Gasteiger charge is -2.18. The van der Waals surface area contributed by atoms with Gasteiger partial charge in [-0.2, -0.15) is 0 Å². The van der Waals surface area contributed by atoms with Crippen molar-refractivity contribution in [2.24, 2.45) is 0 Å². The van der Waals surface area contributed by atoms with Gasteiger partial charge in [0.1, 0.15) is 0 Å². The van der Waals surface area contributed by atoms with E-state index in [4.69, 9.17) is 9.47 Å². The zero-order valence-electron chi connectivity index (χ0n) is 19.6. The predicted octanol–water partition coefficient (Wildman–Crippen LogP) is 3.87. The van der Waals surface area contributed by atoms with E-state index in [-0.39, 0.29) is 24.1 Å². The third-order valence-corrected chi connectivity index (χ3v) is 5.12. The highest BCUT2D eigenvalue weighted by atomic mass is 16.5. The Kier molecular flexibility index (Phi) is 10.1. The minimum absolute atomic E-state index is 0.106. The number of hydrogen-bond donors (Lipinski definition) is 2. The Morgan fingerprint density at radius 1 is 1.00 bits per heavy atom. The summed E-state index contributed by atoms with van der Waals surface area (Å²) in [6.07, 6.45) is 5.92. The molecule has 0 saturated heterocycles. The fourth-order valence-electron chi connectivity index (χ4n) is 3.28. The maximum atomic E-state index is 13.1. The van der Waals surface area contributed by atoms with Gasteiger partial charge in [0, 0.05) is 12.5 Å². The summed E-state index contributed by atoms with van der Waals surface area (Å²) in [5, 5.41) is 5.37. The van der Waals surface area contributed by atoms with E-state index in [1.54, 1.807) is 26.4 Å². The van der Waals surface area contributed by atoms with Crippen molar-refractivity contribution in [2.75, 3.05) is 20.8 Å². The van der Waals surface area contributed by atoms with Gasteiger partial charge >= 0.3 is 0 Å². The van der Waals surface area contributed by atoms with Crippen LogP contribution in [0.4, 0.5) is 0 Å². The monoisotopic (exact) mass is 452 g/mol. The number of nitrogens with one attached hydrogen (secondary N) is 2. The van der Waals surface area contributed by atoms with Crippen LogP contribution in [0.15, 0.2) is 42.5 Å². The number of ether oxygens (including phenoxy) is 2. The third kappa shape index (κ3) is 7.79. The number of Topliss-reactive ketones (excluding diaryl/α,β-unsaturated/α-hetero) is 1. The molecule has 0 aromatic heterocycles. The summed E-state index contributed by atoms with van der Waals surface area (Å²) in [5.74, 6) is 0.415. The SMILES string of the molecule is CCCC[C@H](NC(=O)c1ccccc1C=Cc1ccc(OC)c(OC)c1)C(=O)CNC(C)=O. The van der Waals surface area contributed by atoms with E-state index in [0.29, 0.717) is 29.0 Å². The fourth-order valence-corrected chi connectivity index (χ4v) is 3.28. The molecule has 2 aromatic rings. The number of unbranched alkanes of at least 4 members (excludes halogenated alkanes) is 1. The van der Waals surface area contributed by atoms with Crippen molar-refractivity contribution in [3.05, 3.63) is 59.2 Å². The zero-order chi connectivity index (χ0) is 24.2. The van der Waals surface area contributed by atoms with Crippen LogP contribution < -0.4 is 20.1 Å². The average molecular weight is 453 g/mol. The molecule has 0 fully saturated rings. The van der Waals surface area contributed by atoms with Crippen LogP contribution in [-0.4, -0.2) is 44.4 Å². The highest BCUT2D eigenvalue weighted by Crippen LogP contribution is 2.28. The first-order valence-electron chi connectivity index (χ1n) is 11.0. The second-order valence-corrected chi connectivity index (χ2v) is 7.58. The Morgan fingerprint density at radius 2 is 1.73 bits per heavy atom. The van der Waals surface area contributed by atoms with Gasteiger partial charge in [0.25, 0.3) is 5.91 Å². The Labute approximate surface area is 195 Å². The third-order valence-electron chi connectivity index (χ3n) is 5.12. The lowest BCUT2D eigenvalue weighted by Crippen LogP contribution is -2.45. The normalized spacial score (nSPS) is 11.6. The quantitative estimate of drug-likeness (QED) is 0.477. The summed E-state index contributed by atoms with van der Waals surface area (Å²) in [5.41, 5.74) is 2.06. The summed E-state index contributed by atoms with van der Waals surface area (Å²) in [6, 6.07) is 12.1. The number of methoxy groups -OCH3 is 2. The standard InChI is InChI=1S/C26H32N2O5/c1-5-6-11-22(23(30)17-27-18(2)29)28-26(31)21-10-8-7-9-20(21)14-12-19-13-15-24(32-3)25(16-19)33-4/h7-10,12-16,22H,5-6,11,17H2,1-4H3,(H,27,29)(H,28,31)/t22-/m0/s1. The van der Waals surface area contributed by atoms with Crippen LogP contribution in [0, 0.1) is 0 Å². The van der Waals surface area contributed by atoms with Crippen LogP contribution in [0.25, 0.3) is 12.2 Å². The second kappa shape index (κ2) is 13.1. The van der Waals surface area contributed by atoms with E-state index in [1.807, 2.05) is 49.4 Å². The number of hydrogen-bond acceptors (Lipinski definition) is 5. The van der Waals surface area contributed by atoms with Gasteiger partial charge in [-0.1, -0.05) is 56.2 Å². The summed E-state index contributed by atoms with van der Waals surface area (Å²) in [4.78, 5) is 36.8. The Balaban J connectivity index is 2.21. The van der Waals surface area contributed by atoms with Crippen molar-refractivity contribution in [2.45, 2.75) is 39.2 Å². The van der Waals surface area contributed by atoms with Crippen LogP contribution >= 0.6 is 0 Å².